The summed E-state index contributed by atoms with van der Waals surface area (Å²) in [6, 6.07) is 6.26. The number of halogens is 4. The third kappa shape index (κ3) is 3.70. The van der Waals surface area contributed by atoms with Gasteiger partial charge in [0, 0.05) is 26.0 Å². The number of aromatic nitrogens is 1. The molecule has 98 valence electrons. The first-order valence-corrected chi connectivity index (χ1v) is 7.63. The van der Waals surface area contributed by atoms with Crippen LogP contribution in [0.4, 0.5) is 4.39 Å². The van der Waals surface area contributed by atoms with Gasteiger partial charge in [-0.3, -0.25) is 9.78 Å². The molecule has 0 N–H and O–H groups in total. The molecule has 0 aliphatic carbocycles. The average molecular weight is 452 g/mol. The minimum atomic E-state index is -0.398. The van der Waals surface area contributed by atoms with E-state index in [-0.39, 0.29) is 12.2 Å². The lowest BCUT2D eigenvalue weighted by Crippen LogP contribution is -2.08. The summed E-state index contributed by atoms with van der Waals surface area (Å²) in [5, 5.41) is 0. The topological polar surface area (TPSA) is 30.0 Å². The predicted octanol–water partition coefficient (Wildman–Crippen LogP) is 4.93. The molecule has 0 aliphatic heterocycles. The zero-order chi connectivity index (χ0) is 14.0. The zero-order valence-electron chi connectivity index (χ0n) is 9.46. The minimum Gasteiger partial charge on any atom is -0.292 e. The van der Waals surface area contributed by atoms with Crippen molar-refractivity contribution in [2.45, 2.75) is 6.42 Å². The predicted molar refractivity (Wildman–Crippen MR) is 81.8 cm³/mol. The Morgan fingerprint density at radius 1 is 1.16 bits per heavy atom. The number of ketones is 1. The summed E-state index contributed by atoms with van der Waals surface area (Å²) in [6.07, 6.45) is 1.51. The second-order valence-electron chi connectivity index (χ2n) is 3.82. The molecule has 0 atom stereocenters. The Morgan fingerprint density at radius 3 is 2.58 bits per heavy atom. The number of nitrogens with zero attached hydrogens (tertiary/aromatic N) is 1. The molecule has 2 aromatic rings. The van der Waals surface area contributed by atoms with Gasteiger partial charge in [0.15, 0.2) is 5.78 Å². The Labute approximate surface area is 134 Å². The Hall–Kier alpha value is -0.590. The van der Waals surface area contributed by atoms with E-state index in [1.807, 2.05) is 0 Å². The van der Waals surface area contributed by atoms with Crippen LogP contribution < -0.4 is 0 Å². The molecule has 19 heavy (non-hydrogen) atoms. The lowest BCUT2D eigenvalue weighted by atomic mass is 10.1. The van der Waals surface area contributed by atoms with Crippen molar-refractivity contribution in [3.05, 3.63) is 61.0 Å². The number of carbonyl (C=O) groups is 1. The van der Waals surface area contributed by atoms with E-state index in [0.29, 0.717) is 15.7 Å². The van der Waals surface area contributed by atoms with Gasteiger partial charge in [-0.15, -0.1) is 0 Å². The van der Waals surface area contributed by atoms with Gasteiger partial charge in [0.25, 0.3) is 0 Å². The van der Waals surface area contributed by atoms with Crippen LogP contribution in [0.15, 0.2) is 43.9 Å². The number of carbonyl (C=O) groups excluding carboxylic acids is 1. The minimum absolute atomic E-state index is 0.0293. The first-order valence-electron chi connectivity index (χ1n) is 5.25. The molecule has 1 aromatic heterocycles. The Bertz CT molecular complexity index is 646. The van der Waals surface area contributed by atoms with E-state index in [1.165, 1.54) is 12.3 Å². The van der Waals surface area contributed by atoms with E-state index in [4.69, 9.17) is 0 Å². The Kier molecular flexibility index (Phi) is 4.86. The van der Waals surface area contributed by atoms with Crippen LogP contribution in [0.5, 0.6) is 0 Å². The van der Waals surface area contributed by atoms with Crippen molar-refractivity contribution in [2.24, 2.45) is 0 Å². The highest BCUT2D eigenvalue weighted by atomic mass is 79.9. The Balaban J connectivity index is 2.28. The molecule has 0 bridgehead atoms. The number of hydrogen-bond donors (Lipinski definition) is 0. The quantitative estimate of drug-likeness (QED) is 0.619. The van der Waals surface area contributed by atoms with Crippen molar-refractivity contribution in [2.75, 3.05) is 0 Å². The zero-order valence-corrected chi connectivity index (χ0v) is 14.2. The third-order valence-electron chi connectivity index (χ3n) is 2.43. The number of Topliss-reactive ketones (excluding diaryl/α,β-unsaturated/α-hetero) is 1. The van der Waals surface area contributed by atoms with Crippen LogP contribution in [-0.2, 0) is 6.42 Å². The fraction of sp³-hybridized carbons (Fsp3) is 0.0769. The third-order valence-corrected chi connectivity index (χ3v) is 3.96. The van der Waals surface area contributed by atoms with E-state index in [2.05, 4.69) is 52.8 Å². The van der Waals surface area contributed by atoms with Crippen molar-refractivity contribution >= 4 is 53.6 Å². The van der Waals surface area contributed by atoms with Crippen molar-refractivity contribution in [1.82, 2.24) is 4.98 Å². The van der Waals surface area contributed by atoms with Crippen LogP contribution >= 0.6 is 47.8 Å². The molecule has 2 rings (SSSR count). The number of pyridine rings is 1. The fourth-order valence-electron chi connectivity index (χ4n) is 1.56. The molecule has 0 saturated heterocycles. The molecular formula is C13H7Br3FNO. The molecule has 0 aliphatic rings. The van der Waals surface area contributed by atoms with E-state index in [0.717, 1.165) is 8.95 Å². The van der Waals surface area contributed by atoms with Gasteiger partial charge in [-0.05, 0) is 61.7 Å². The second-order valence-corrected chi connectivity index (χ2v) is 6.51. The summed E-state index contributed by atoms with van der Waals surface area (Å²) in [5.41, 5.74) is 0.638. The van der Waals surface area contributed by atoms with Crippen molar-refractivity contribution in [3.8, 4) is 0 Å². The van der Waals surface area contributed by atoms with Gasteiger partial charge in [0.05, 0.1) is 0 Å². The molecule has 0 unspecified atom stereocenters. The second kappa shape index (κ2) is 6.24. The maximum atomic E-state index is 13.6. The molecule has 0 fully saturated rings. The van der Waals surface area contributed by atoms with Gasteiger partial charge in [0.2, 0.25) is 0 Å². The summed E-state index contributed by atoms with van der Waals surface area (Å²) in [6.45, 7) is 0. The van der Waals surface area contributed by atoms with Crippen molar-refractivity contribution < 1.29 is 9.18 Å². The first-order chi connectivity index (χ1) is 8.97. The van der Waals surface area contributed by atoms with Gasteiger partial charge >= 0.3 is 0 Å². The van der Waals surface area contributed by atoms with Crippen molar-refractivity contribution in [1.29, 1.82) is 0 Å². The molecule has 2 nitrogen and oxygen atoms in total. The van der Waals surface area contributed by atoms with Crippen molar-refractivity contribution in [3.63, 3.8) is 0 Å². The van der Waals surface area contributed by atoms with Gasteiger partial charge in [0.1, 0.15) is 11.5 Å². The van der Waals surface area contributed by atoms with E-state index in [1.54, 1.807) is 18.2 Å². The molecule has 1 aromatic carbocycles. The molecule has 0 amide bonds. The molecule has 0 spiro atoms. The van der Waals surface area contributed by atoms with Gasteiger partial charge in [-0.1, -0.05) is 15.9 Å². The first kappa shape index (κ1) is 14.8. The maximum Gasteiger partial charge on any atom is 0.186 e. The van der Waals surface area contributed by atoms with Crippen LogP contribution in [0.2, 0.25) is 0 Å². The number of rotatable bonds is 3. The monoisotopic (exact) mass is 449 g/mol. The highest BCUT2D eigenvalue weighted by Gasteiger charge is 2.15. The van der Waals surface area contributed by atoms with E-state index < -0.39 is 5.82 Å². The van der Waals surface area contributed by atoms with E-state index >= 15 is 0 Å². The fourth-order valence-corrected chi connectivity index (χ4v) is 3.17. The van der Waals surface area contributed by atoms with Crippen LogP contribution in [-0.4, -0.2) is 10.8 Å². The molecule has 1 heterocycles. The average Bonchev–Trinajstić information content (AvgIpc) is 2.33. The summed E-state index contributed by atoms with van der Waals surface area (Å²) >= 11 is 9.80. The lowest BCUT2D eigenvalue weighted by Gasteiger charge is -2.05. The van der Waals surface area contributed by atoms with Gasteiger partial charge < -0.3 is 0 Å². The normalized spacial score (nSPS) is 10.5. The maximum absolute atomic E-state index is 13.6. The van der Waals surface area contributed by atoms with Crippen LogP contribution in [0.25, 0.3) is 0 Å². The lowest BCUT2D eigenvalue weighted by molar-refractivity contribution is 0.0986. The van der Waals surface area contributed by atoms with Gasteiger partial charge in [-0.2, -0.15) is 0 Å². The number of benzene rings is 1. The summed E-state index contributed by atoms with van der Waals surface area (Å²) in [7, 11) is 0. The van der Waals surface area contributed by atoms with E-state index in [9.17, 15) is 9.18 Å². The molecular weight excluding hydrogens is 445 g/mol. The summed E-state index contributed by atoms with van der Waals surface area (Å²) < 4.78 is 15.7. The van der Waals surface area contributed by atoms with Gasteiger partial charge in [-0.25, -0.2) is 4.39 Å². The number of hydrogen-bond acceptors (Lipinski definition) is 2. The SMILES string of the molecule is O=C(Cc1cc(Br)ccc1F)c1ncc(Br)cc1Br. The van der Waals surface area contributed by atoms with Crippen LogP contribution in [0.1, 0.15) is 16.1 Å². The van der Waals surface area contributed by atoms with Crippen LogP contribution in [0, 0.1) is 5.82 Å². The molecule has 0 radical (unpaired) electrons. The van der Waals surface area contributed by atoms with Crippen LogP contribution in [0.3, 0.4) is 0 Å². The summed E-state index contributed by atoms with van der Waals surface area (Å²) in [4.78, 5) is 16.2. The highest BCUT2D eigenvalue weighted by Crippen LogP contribution is 2.22. The largest absolute Gasteiger partial charge is 0.292 e. The Morgan fingerprint density at radius 2 is 1.89 bits per heavy atom. The molecule has 6 heteroatoms. The standard InChI is InChI=1S/C13H7Br3FNO/c14-8-1-2-11(17)7(3-8)4-12(19)13-10(16)5-9(15)6-18-13/h1-3,5-6H,4H2. The molecule has 0 saturated carbocycles. The summed E-state index contributed by atoms with van der Waals surface area (Å²) in [5.74, 6) is -0.638. The highest BCUT2D eigenvalue weighted by molar-refractivity contribution is 9.11. The smallest absolute Gasteiger partial charge is 0.186 e.